The number of hydrazine groups is 1. The SMILES string of the molecule is C[C@@H](O)[C@@H](N)NN([C@@H](O)CCc1ccccc1)C(C)(C)O. The molecule has 0 amide bonds. The predicted octanol–water partition coefficient (Wildman–Crippen LogP) is 0.138. The van der Waals surface area contributed by atoms with E-state index in [2.05, 4.69) is 5.43 Å². The van der Waals surface area contributed by atoms with Crippen LogP contribution in [0.4, 0.5) is 0 Å². The summed E-state index contributed by atoms with van der Waals surface area (Å²) < 4.78 is 0. The normalized spacial score (nSPS) is 16.8. The molecule has 0 saturated carbocycles. The Morgan fingerprint density at radius 1 is 1.24 bits per heavy atom. The van der Waals surface area contributed by atoms with Gasteiger partial charge in [-0.3, -0.25) is 0 Å². The Balaban J connectivity index is 2.65. The summed E-state index contributed by atoms with van der Waals surface area (Å²) in [5, 5.41) is 31.2. The van der Waals surface area contributed by atoms with E-state index in [9.17, 15) is 15.3 Å². The first-order valence-electron chi connectivity index (χ1n) is 7.15. The molecule has 0 aromatic heterocycles. The van der Waals surface area contributed by atoms with Crippen molar-refractivity contribution in [3.05, 3.63) is 35.9 Å². The van der Waals surface area contributed by atoms with Crippen LogP contribution in [0.2, 0.25) is 0 Å². The number of nitrogens with one attached hydrogen (secondary N) is 1. The number of aryl methyl sites for hydroxylation is 1. The summed E-state index contributed by atoms with van der Waals surface area (Å²) in [7, 11) is 0. The fourth-order valence-corrected chi connectivity index (χ4v) is 1.95. The minimum absolute atomic E-state index is 0.424. The van der Waals surface area contributed by atoms with Gasteiger partial charge in [0.2, 0.25) is 0 Å². The Morgan fingerprint density at radius 2 is 1.81 bits per heavy atom. The van der Waals surface area contributed by atoms with Gasteiger partial charge in [0.05, 0.1) is 12.3 Å². The molecule has 0 radical (unpaired) electrons. The first kappa shape index (κ1) is 18.0. The summed E-state index contributed by atoms with van der Waals surface area (Å²) in [6.07, 6.45) is -1.43. The van der Waals surface area contributed by atoms with Gasteiger partial charge in [-0.1, -0.05) is 30.3 Å². The molecule has 0 bridgehead atoms. The molecule has 0 saturated heterocycles. The number of nitrogens with two attached hydrogens (primary N) is 1. The van der Waals surface area contributed by atoms with E-state index < -0.39 is 24.2 Å². The molecule has 0 aliphatic carbocycles. The zero-order valence-electron chi connectivity index (χ0n) is 12.9. The summed E-state index contributed by atoms with van der Waals surface area (Å²) in [6, 6.07) is 9.78. The minimum Gasteiger partial charge on any atom is -0.390 e. The van der Waals surface area contributed by atoms with Crippen molar-refractivity contribution < 1.29 is 15.3 Å². The topological polar surface area (TPSA) is 102 Å². The van der Waals surface area contributed by atoms with Crippen LogP contribution in [0.1, 0.15) is 32.8 Å². The number of aliphatic hydroxyl groups is 3. The molecule has 120 valence electrons. The largest absolute Gasteiger partial charge is 0.390 e. The number of hydrogen-bond donors (Lipinski definition) is 5. The van der Waals surface area contributed by atoms with Gasteiger partial charge in [0, 0.05) is 0 Å². The lowest BCUT2D eigenvalue weighted by Gasteiger charge is -2.40. The van der Waals surface area contributed by atoms with Gasteiger partial charge in [-0.05, 0) is 39.2 Å². The van der Waals surface area contributed by atoms with E-state index in [0.717, 1.165) is 5.56 Å². The summed E-state index contributed by atoms with van der Waals surface area (Å²) in [6.45, 7) is 4.62. The van der Waals surface area contributed by atoms with Gasteiger partial charge in [-0.25, -0.2) is 5.43 Å². The first-order valence-corrected chi connectivity index (χ1v) is 7.15. The van der Waals surface area contributed by atoms with Gasteiger partial charge in [-0.2, -0.15) is 5.01 Å². The van der Waals surface area contributed by atoms with Gasteiger partial charge in [0.15, 0.2) is 0 Å². The van der Waals surface area contributed by atoms with Crippen LogP contribution in [0.3, 0.4) is 0 Å². The van der Waals surface area contributed by atoms with Crippen molar-refractivity contribution >= 4 is 0 Å². The van der Waals surface area contributed by atoms with Gasteiger partial charge in [-0.15, -0.1) is 0 Å². The summed E-state index contributed by atoms with van der Waals surface area (Å²) in [5.41, 5.74) is 8.27. The number of rotatable bonds is 8. The van der Waals surface area contributed by atoms with Crippen molar-refractivity contribution in [2.45, 2.75) is 57.8 Å². The Kier molecular flexibility index (Phi) is 6.73. The molecule has 21 heavy (non-hydrogen) atoms. The van der Waals surface area contributed by atoms with Crippen LogP contribution in [0.15, 0.2) is 30.3 Å². The van der Waals surface area contributed by atoms with Crippen LogP contribution in [0.5, 0.6) is 0 Å². The molecule has 1 aromatic rings. The van der Waals surface area contributed by atoms with E-state index in [4.69, 9.17) is 5.73 Å². The van der Waals surface area contributed by atoms with Crippen molar-refractivity contribution in [3.63, 3.8) is 0 Å². The quantitative estimate of drug-likeness (QED) is 0.345. The molecule has 0 aliphatic heterocycles. The average Bonchev–Trinajstić information content (AvgIpc) is 2.41. The molecule has 6 heteroatoms. The van der Waals surface area contributed by atoms with Crippen LogP contribution >= 0.6 is 0 Å². The van der Waals surface area contributed by atoms with Crippen molar-refractivity contribution in [1.82, 2.24) is 10.4 Å². The molecule has 0 heterocycles. The van der Waals surface area contributed by atoms with Crippen LogP contribution in [0.25, 0.3) is 0 Å². The molecule has 6 N–H and O–H groups in total. The zero-order chi connectivity index (χ0) is 16.0. The summed E-state index contributed by atoms with van der Waals surface area (Å²) in [4.78, 5) is 0. The van der Waals surface area contributed by atoms with Crippen molar-refractivity contribution in [3.8, 4) is 0 Å². The molecule has 1 rings (SSSR count). The highest BCUT2D eigenvalue weighted by Crippen LogP contribution is 2.15. The maximum absolute atomic E-state index is 10.3. The molecular formula is C15H27N3O3. The Morgan fingerprint density at radius 3 is 2.29 bits per heavy atom. The number of benzene rings is 1. The van der Waals surface area contributed by atoms with Gasteiger partial charge >= 0.3 is 0 Å². The highest BCUT2D eigenvalue weighted by Gasteiger charge is 2.31. The van der Waals surface area contributed by atoms with E-state index in [1.807, 2.05) is 30.3 Å². The van der Waals surface area contributed by atoms with Gasteiger partial charge in [0.1, 0.15) is 12.0 Å². The monoisotopic (exact) mass is 297 g/mol. The van der Waals surface area contributed by atoms with Crippen LogP contribution in [-0.4, -0.2) is 44.6 Å². The maximum atomic E-state index is 10.3. The number of nitrogens with zero attached hydrogens (tertiary/aromatic N) is 1. The highest BCUT2D eigenvalue weighted by molar-refractivity contribution is 5.14. The van der Waals surface area contributed by atoms with Crippen LogP contribution in [-0.2, 0) is 6.42 Å². The number of hydrogen-bond acceptors (Lipinski definition) is 6. The van der Waals surface area contributed by atoms with E-state index in [1.54, 1.807) is 13.8 Å². The third kappa shape index (κ3) is 6.09. The molecule has 1 aromatic carbocycles. The second-order valence-corrected chi connectivity index (χ2v) is 5.76. The zero-order valence-corrected chi connectivity index (χ0v) is 12.9. The first-order chi connectivity index (χ1) is 9.71. The smallest absolute Gasteiger partial charge is 0.127 e. The maximum Gasteiger partial charge on any atom is 0.127 e. The third-order valence-electron chi connectivity index (χ3n) is 3.23. The Hall–Kier alpha value is -1.02. The summed E-state index contributed by atoms with van der Waals surface area (Å²) >= 11 is 0. The van der Waals surface area contributed by atoms with Crippen molar-refractivity contribution in [2.75, 3.05) is 0 Å². The molecule has 6 nitrogen and oxygen atoms in total. The Labute approximate surface area is 126 Å². The second-order valence-electron chi connectivity index (χ2n) is 5.76. The van der Waals surface area contributed by atoms with Crippen molar-refractivity contribution in [1.29, 1.82) is 0 Å². The molecule has 3 atom stereocenters. The second kappa shape index (κ2) is 7.84. The summed E-state index contributed by atoms with van der Waals surface area (Å²) in [5.74, 6) is 0. The van der Waals surface area contributed by atoms with E-state index in [-0.39, 0.29) is 0 Å². The fraction of sp³-hybridized carbons (Fsp3) is 0.600. The van der Waals surface area contributed by atoms with E-state index in [1.165, 1.54) is 11.9 Å². The molecule has 0 spiro atoms. The predicted molar refractivity (Wildman–Crippen MR) is 81.7 cm³/mol. The van der Waals surface area contributed by atoms with E-state index in [0.29, 0.717) is 12.8 Å². The highest BCUT2D eigenvalue weighted by atomic mass is 16.3. The Bertz CT molecular complexity index is 406. The number of aliphatic hydroxyl groups excluding tert-OH is 2. The lowest BCUT2D eigenvalue weighted by molar-refractivity contribution is -0.195. The molecule has 0 fully saturated rings. The lowest BCUT2D eigenvalue weighted by Crippen LogP contribution is -2.64. The lowest BCUT2D eigenvalue weighted by atomic mass is 10.1. The third-order valence-corrected chi connectivity index (χ3v) is 3.23. The fourth-order valence-electron chi connectivity index (χ4n) is 1.95. The van der Waals surface area contributed by atoms with Gasteiger partial charge in [0.25, 0.3) is 0 Å². The van der Waals surface area contributed by atoms with E-state index >= 15 is 0 Å². The van der Waals surface area contributed by atoms with Crippen molar-refractivity contribution in [2.24, 2.45) is 5.73 Å². The van der Waals surface area contributed by atoms with Crippen LogP contribution in [0, 0.1) is 0 Å². The van der Waals surface area contributed by atoms with Gasteiger partial charge < -0.3 is 21.1 Å². The molecule has 0 unspecified atom stereocenters. The van der Waals surface area contributed by atoms with Crippen LogP contribution < -0.4 is 11.2 Å². The average molecular weight is 297 g/mol. The standard InChI is InChI=1S/C15H27N3O3/c1-11(19)14(16)17-18(15(2,3)21)13(20)10-9-12-7-5-4-6-8-12/h4-8,11,13-14,17,19-21H,9-10,16H2,1-3H3/t11-,13+,14+/m1/s1. The molecular weight excluding hydrogens is 270 g/mol. The molecule has 0 aliphatic rings. The minimum atomic E-state index is -1.32.